The molecule has 0 amide bonds. The lowest BCUT2D eigenvalue weighted by Gasteiger charge is -2.26. The van der Waals surface area contributed by atoms with Gasteiger partial charge >= 0.3 is 5.97 Å². The summed E-state index contributed by atoms with van der Waals surface area (Å²) in [6.07, 6.45) is 1.00. The minimum atomic E-state index is -0.389. The molecule has 0 aliphatic heterocycles. The molecular formula is C28H30N4O2. The molecule has 2 aromatic carbocycles. The number of rotatable bonds is 8. The Bertz CT molecular complexity index is 1270. The molecule has 6 heteroatoms. The van der Waals surface area contributed by atoms with Crippen molar-refractivity contribution in [2.75, 3.05) is 25.1 Å². The van der Waals surface area contributed by atoms with Gasteiger partial charge in [-0.3, -0.25) is 0 Å². The van der Waals surface area contributed by atoms with Crippen molar-refractivity contribution in [1.29, 1.82) is 10.5 Å². The van der Waals surface area contributed by atoms with E-state index in [0.29, 0.717) is 23.2 Å². The molecular weight excluding hydrogens is 424 g/mol. The molecule has 0 atom stereocenters. The van der Waals surface area contributed by atoms with E-state index in [4.69, 9.17) is 10.00 Å². The molecule has 0 radical (unpaired) electrons. The van der Waals surface area contributed by atoms with Crippen LogP contribution in [0.1, 0.15) is 58.7 Å². The molecule has 0 fully saturated rings. The van der Waals surface area contributed by atoms with Crippen LogP contribution in [0, 0.1) is 36.5 Å². The maximum absolute atomic E-state index is 12.8. The summed E-state index contributed by atoms with van der Waals surface area (Å²) in [5.41, 5.74) is 7.27. The van der Waals surface area contributed by atoms with Crippen molar-refractivity contribution in [1.82, 2.24) is 4.57 Å². The van der Waals surface area contributed by atoms with Crippen LogP contribution in [0.3, 0.4) is 0 Å². The van der Waals surface area contributed by atoms with Crippen LogP contribution in [0.25, 0.3) is 11.1 Å². The molecule has 0 N–H and O–H groups in total. The van der Waals surface area contributed by atoms with Gasteiger partial charge in [-0.05, 0) is 62.6 Å². The number of ether oxygens (including phenoxy) is 1. The van der Waals surface area contributed by atoms with E-state index in [9.17, 15) is 10.1 Å². The summed E-state index contributed by atoms with van der Waals surface area (Å²) in [7, 11) is 1.39. The lowest BCUT2D eigenvalue weighted by atomic mass is 9.99. The van der Waals surface area contributed by atoms with Crippen molar-refractivity contribution in [3.05, 3.63) is 76.1 Å². The number of benzene rings is 2. The largest absolute Gasteiger partial charge is 0.465 e. The van der Waals surface area contributed by atoms with Crippen molar-refractivity contribution in [3.8, 4) is 23.3 Å². The molecule has 174 valence electrons. The fourth-order valence-corrected chi connectivity index (χ4v) is 4.49. The zero-order chi connectivity index (χ0) is 24.8. The predicted molar refractivity (Wildman–Crippen MR) is 134 cm³/mol. The van der Waals surface area contributed by atoms with Gasteiger partial charge in [-0.15, -0.1) is 0 Å². The average Bonchev–Trinajstić information content (AvgIpc) is 3.11. The van der Waals surface area contributed by atoms with Crippen molar-refractivity contribution >= 4 is 11.7 Å². The number of methoxy groups -OCH3 is 1. The quantitative estimate of drug-likeness (QED) is 0.415. The molecule has 3 aromatic rings. The van der Waals surface area contributed by atoms with E-state index in [1.165, 1.54) is 7.11 Å². The van der Waals surface area contributed by atoms with Crippen LogP contribution in [0.5, 0.6) is 0 Å². The molecule has 34 heavy (non-hydrogen) atoms. The fraction of sp³-hybridized carbons (Fsp3) is 0.321. The van der Waals surface area contributed by atoms with Crippen LogP contribution in [-0.4, -0.2) is 30.7 Å². The Kier molecular flexibility index (Phi) is 7.76. The monoisotopic (exact) mass is 454 g/mol. The van der Waals surface area contributed by atoms with Gasteiger partial charge in [0.05, 0.1) is 35.9 Å². The van der Waals surface area contributed by atoms with Crippen LogP contribution < -0.4 is 4.90 Å². The van der Waals surface area contributed by atoms with Gasteiger partial charge in [0.1, 0.15) is 0 Å². The van der Waals surface area contributed by atoms with Gasteiger partial charge in [0.25, 0.3) is 0 Å². The van der Waals surface area contributed by atoms with E-state index in [0.717, 1.165) is 53.3 Å². The minimum absolute atomic E-state index is 0.389. The number of aromatic nitrogens is 1. The third kappa shape index (κ3) is 4.67. The summed E-state index contributed by atoms with van der Waals surface area (Å²) in [5, 5.41) is 18.6. The maximum Gasteiger partial charge on any atom is 0.340 e. The molecule has 0 aliphatic carbocycles. The lowest BCUT2D eigenvalue weighted by Crippen LogP contribution is -2.25. The predicted octanol–water partition coefficient (Wildman–Crippen LogP) is 5.59. The normalized spacial score (nSPS) is 10.4. The summed E-state index contributed by atoms with van der Waals surface area (Å²) in [4.78, 5) is 15.1. The van der Waals surface area contributed by atoms with Crippen LogP contribution in [0.4, 0.5) is 5.69 Å². The van der Waals surface area contributed by atoms with Crippen LogP contribution in [-0.2, 0) is 11.3 Å². The molecule has 0 saturated carbocycles. The maximum atomic E-state index is 12.8. The van der Waals surface area contributed by atoms with Gasteiger partial charge in [-0.25, -0.2) is 4.79 Å². The van der Waals surface area contributed by atoms with Crippen LogP contribution in [0.2, 0.25) is 0 Å². The second kappa shape index (κ2) is 10.7. The fourth-order valence-electron chi connectivity index (χ4n) is 4.49. The highest BCUT2D eigenvalue weighted by molar-refractivity contribution is 5.99. The van der Waals surface area contributed by atoms with Gasteiger partial charge in [-0.1, -0.05) is 25.1 Å². The Balaban J connectivity index is 2.18. The summed E-state index contributed by atoms with van der Waals surface area (Å²) < 4.78 is 7.26. The molecule has 0 spiro atoms. The Labute approximate surface area is 201 Å². The lowest BCUT2D eigenvalue weighted by molar-refractivity contribution is 0.0600. The van der Waals surface area contributed by atoms with Crippen molar-refractivity contribution in [2.45, 2.75) is 40.7 Å². The summed E-state index contributed by atoms with van der Waals surface area (Å²) in [6, 6.07) is 17.4. The number of nitrogens with zero attached hydrogens (tertiary/aromatic N) is 4. The standard InChI is InChI=1S/C28H30N4O2/c1-6-14-31(7-2)25-15-22(17-30)10-13-24(25)18-32-19(3)26(27(20(32)4)28(33)34-5)23-11-8-21(16-29)9-12-23/h8-13,15H,6-7,14,18H2,1-5H3. The number of anilines is 1. The number of hydrogen-bond acceptors (Lipinski definition) is 5. The van der Waals surface area contributed by atoms with E-state index in [1.807, 2.05) is 44.2 Å². The summed E-state index contributed by atoms with van der Waals surface area (Å²) in [5.74, 6) is -0.389. The number of carbonyl (C=O) groups is 1. The first-order chi connectivity index (χ1) is 16.4. The number of carbonyl (C=O) groups excluding carboxylic acids is 1. The van der Waals surface area contributed by atoms with E-state index in [2.05, 4.69) is 35.5 Å². The molecule has 0 unspecified atom stereocenters. The Hall–Kier alpha value is -4.03. The molecule has 1 heterocycles. The molecule has 0 saturated heterocycles. The zero-order valence-electron chi connectivity index (χ0n) is 20.5. The number of esters is 1. The number of hydrogen-bond donors (Lipinski definition) is 0. The number of nitriles is 2. The third-order valence-corrected chi connectivity index (χ3v) is 6.23. The van der Waals surface area contributed by atoms with Gasteiger partial charge in [0, 0.05) is 42.3 Å². The third-order valence-electron chi connectivity index (χ3n) is 6.23. The van der Waals surface area contributed by atoms with Gasteiger partial charge in [-0.2, -0.15) is 10.5 Å². The van der Waals surface area contributed by atoms with Crippen LogP contribution in [0.15, 0.2) is 42.5 Å². The highest BCUT2D eigenvalue weighted by Crippen LogP contribution is 2.35. The summed E-state index contributed by atoms with van der Waals surface area (Å²) in [6.45, 7) is 10.5. The first-order valence-corrected chi connectivity index (χ1v) is 11.5. The molecule has 6 nitrogen and oxygen atoms in total. The van der Waals surface area contributed by atoms with Crippen LogP contribution >= 0.6 is 0 Å². The zero-order valence-corrected chi connectivity index (χ0v) is 20.5. The summed E-state index contributed by atoms with van der Waals surface area (Å²) >= 11 is 0. The molecule has 0 bridgehead atoms. The van der Waals surface area contributed by atoms with E-state index in [1.54, 1.807) is 12.1 Å². The van der Waals surface area contributed by atoms with E-state index < -0.39 is 0 Å². The van der Waals surface area contributed by atoms with E-state index >= 15 is 0 Å². The first kappa shape index (κ1) is 24.6. The highest BCUT2D eigenvalue weighted by atomic mass is 16.5. The smallest absolute Gasteiger partial charge is 0.340 e. The second-order valence-corrected chi connectivity index (χ2v) is 8.22. The first-order valence-electron chi connectivity index (χ1n) is 11.5. The van der Waals surface area contributed by atoms with Gasteiger partial charge in [0.2, 0.25) is 0 Å². The van der Waals surface area contributed by atoms with Crippen molar-refractivity contribution < 1.29 is 9.53 Å². The molecule has 0 aliphatic rings. The van der Waals surface area contributed by atoms with Crippen molar-refractivity contribution in [2.24, 2.45) is 0 Å². The highest BCUT2D eigenvalue weighted by Gasteiger charge is 2.25. The minimum Gasteiger partial charge on any atom is -0.465 e. The van der Waals surface area contributed by atoms with Gasteiger partial charge < -0.3 is 14.2 Å². The Morgan fingerprint density at radius 2 is 1.65 bits per heavy atom. The van der Waals surface area contributed by atoms with Gasteiger partial charge in [0.15, 0.2) is 0 Å². The topological polar surface area (TPSA) is 82.1 Å². The Morgan fingerprint density at radius 3 is 2.21 bits per heavy atom. The average molecular weight is 455 g/mol. The molecule has 1 aromatic heterocycles. The van der Waals surface area contributed by atoms with E-state index in [-0.39, 0.29) is 5.97 Å². The second-order valence-electron chi connectivity index (χ2n) is 8.22. The molecule has 3 rings (SSSR count). The van der Waals surface area contributed by atoms with Crippen molar-refractivity contribution in [3.63, 3.8) is 0 Å². The Morgan fingerprint density at radius 1 is 1.00 bits per heavy atom. The SMILES string of the molecule is CCCN(CC)c1cc(C#N)ccc1Cn1c(C)c(C(=O)OC)c(-c2ccc(C#N)cc2)c1C.